The third-order valence-corrected chi connectivity index (χ3v) is 3.81. The summed E-state index contributed by atoms with van der Waals surface area (Å²) < 4.78 is 6.77. The summed E-state index contributed by atoms with van der Waals surface area (Å²) in [4.78, 5) is 14.1. The molecule has 9 heteroatoms. The Morgan fingerprint density at radius 1 is 1.57 bits per heavy atom. The van der Waals surface area contributed by atoms with Gasteiger partial charge >= 0.3 is 0 Å². The minimum absolute atomic E-state index is 0.0816. The molecule has 1 fully saturated rings. The van der Waals surface area contributed by atoms with Gasteiger partial charge in [-0.15, -0.1) is 5.10 Å². The summed E-state index contributed by atoms with van der Waals surface area (Å²) >= 11 is 0. The highest BCUT2D eigenvalue weighted by Crippen LogP contribution is 2.41. The Morgan fingerprint density at radius 2 is 2.29 bits per heavy atom. The van der Waals surface area contributed by atoms with Gasteiger partial charge in [-0.2, -0.15) is 0 Å². The molecule has 0 bridgehead atoms. The molecular formula is C12H16N4O5. The van der Waals surface area contributed by atoms with E-state index >= 15 is 0 Å². The average Bonchev–Trinajstić information content (AvgIpc) is 2.91. The maximum absolute atomic E-state index is 11.8. The average molecular weight is 296 g/mol. The normalized spacial score (nSPS) is 32.9. The van der Waals surface area contributed by atoms with Crippen LogP contribution in [0.2, 0.25) is 0 Å². The van der Waals surface area contributed by atoms with Gasteiger partial charge in [0.25, 0.3) is 5.56 Å². The molecule has 114 valence electrons. The lowest BCUT2D eigenvalue weighted by molar-refractivity contribution is -0.0664. The SMILES string of the molecule is C[C@@]1(O)[C@H](O)[C@@H](CO)O[C@H]1c1ccc2c(=O)[nH]c(N)nn12. The molecule has 1 aliphatic rings. The van der Waals surface area contributed by atoms with Crippen LogP contribution >= 0.6 is 0 Å². The van der Waals surface area contributed by atoms with E-state index in [2.05, 4.69) is 10.1 Å². The lowest BCUT2D eigenvalue weighted by atomic mass is 9.91. The van der Waals surface area contributed by atoms with Crippen molar-refractivity contribution in [3.05, 3.63) is 28.2 Å². The Morgan fingerprint density at radius 3 is 2.90 bits per heavy atom. The van der Waals surface area contributed by atoms with Crippen molar-refractivity contribution in [3.63, 3.8) is 0 Å². The van der Waals surface area contributed by atoms with Gasteiger partial charge in [-0.25, -0.2) is 4.52 Å². The third kappa shape index (κ3) is 1.94. The molecule has 1 saturated heterocycles. The van der Waals surface area contributed by atoms with Crippen LogP contribution < -0.4 is 11.3 Å². The van der Waals surface area contributed by atoms with E-state index < -0.39 is 36.1 Å². The molecule has 0 amide bonds. The largest absolute Gasteiger partial charge is 0.394 e. The summed E-state index contributed by atoms with van der Waals surface area (Å²) in [5, 5.41) is 33.6. The summed E-state index contributed by atoms with van der Waals surface area (Å²) in [6.45, 7) is 0.960. The predicted molar refractivity (Wildman–Crippen MR) is 71.6 cm³/mol. The number of H-pyrrole nitrogens is 1. The molecular weight excluding hydrogens is 280 g/mol. The van der Waals surface area contributed by atoms with Gasteiger partial charge in [-0.3, -0.25) is 9.78 Å². The molecule has 9 nitrogen and oxygen atoms in total. The zero-order chi connectivity index (χ0) is 15.4. The van der Waals surface area contributed by atoms with Gasteiger partial charge in [0.15, 0.2) is 0 Å². The number of aliphatic hydroxyl groups excluding tert-OH is 2. The lowest BCUT2D eigenvalue weighted by Crippen LogP contribution is -2.43. The zero-order valence-electron chi connectivity index (χ0n) is 11.2. The summed E-state index contributed by atoms with van der Waals surface area (Å²) in [6.07, 6.45) is -3.15. The van der Waals surface area contributed by atoms with Gasteiger partial charge in [0.05, 0.1) is 12.3 Å². The van der Waals surface area contributed by atoms with Crippen LogP contribution in [0.25, 0.3) is 5.52 Å². The van der Waals surface area contributed by atoms with Crippen molar-refractivity contribution >= 4 is 11.5 Å². The van der Waals surface area contributed by atoms with Crippen molar-refractivity contribution < 1.29 is 20.1 Å². The molecule has 0 aliphatic carbocycles. The smallest absolute Gasteiger partial charge is 0.276 e. The van der Waals surface area contributed by atoms with E-state index in [1.165, 1.54) is 17.5 Å². The summed E-state index contributed by atoms with van der Waals surface area (Å²) in [5.41, 5.74) is 4.06. The van der Waals surface area contributed by atoms with Crippen LogP contribution in [0, 0.1) is 0 Å². The molecule has 4 atom stereocenters. The topological polar surface area (TPSA) is 146 Å². The second-order valence-electron chi connectivity index (χ2n) is 5.30. The third-order valence-electron chi connectivity index (χ3n) is 3.81. The minimum atomic E-state index is -1.64. The second-order valence-corrected chi connectivity index (χ2v) is 5.30. The van der Waals surface area contributed by atoms with Gasteiger partial charge in [0.2, 0.25) is 5.95 Å². The molecule has 1 aliphatic heterocycles. The number of nitrogen functional groups attached to an aromatic ring is 1. The molecule has 21 heavy (non-hydrogen) atoms. The van der Waals surface area contributed by atoms with E-state index in [0.29, 0.717) is 5.69 Å². The fourth-order valence-electron chi connectivity index (χ4n) is 2.67. The quantitative estimate of drug-likeness (QED) is 0.437. The van der Waals surface area contributed by atoms with Crippen LogP contribution in [0.5, 0.6) is 0 Å². The first-order valence-corrected chi connectivity index (χ1v) is 6.40. The predicted octanol–water partition coefficient (Wildman–Crippen LogP) is -1.85. The number of aromatic nitrogens is 3. The number of hydrogen-bond acceptors (Lipinski definition) is 7. The van der Waals surface area contributed by atoms with Crippen LogP contribution in [0.15, 0.2) is 16.9 Å². The van der Waals surface area contributed by atoms with Gasteiger partial charge in [0.1, 0.15) is 29.4 Å². The molecule has 3 heterocycles. The number of nitrogens with one attached hydrogen (secondary N) is 1. The van der Waals surface area contributed by atoms with Crippen molar-refractivity contribution in [2.24, 2.45) is 0 Å². The van der Waals surface area contributed by atoms with Gasteiger partial charge in [-0.05, 0) is 19.1 Å². The zero-order valence-corrected chi connectivity index (χ0v) is 11.2. The number of ether oxygens (including phenoxy) is 1. The van der Waals surface area contributed by atoms with Crippen molar-refractivity contribution in [1.82, 2.24) is 14.6 Å². The number of hydrogen-bond donors (Lipinski definition) is 5. The molecule has 0 spiro atoms. The van der Waals surface area contributed by atoms with E-state index in [-0.39, 0.29) is 11.5 Å². The Balaban J connectivity index is 2.15. The number of fused-ring (bicyclic) bond motifs is 1. The van der Waals surface area contributed by atoms with Gasteiger partial charge in [0, 0.05) is 0 Å². The van der Waals surface area contributed by atoms with E-state index in [9.17, 15) is 20.1 Å². The second kappa shape index (κ2) is 4.53. The summed E-state index contributed by atoms with van der Waals surface area (Å²) in [5.74, 6) is -0.0816. The number of rotatable bonds is 2. The number of anilines is 1. The molecule has 0 radical (unpaired) electrons. The Bertz CT molecular complexity index is 737. The van der Waals surface area contributed by atoms with Crippen molar-refractivity contribution in [2.75, 3.05) is 12.3 Å². The van der Waals surface area contributed by atoms with Crippen molar-refractivity contribution in [2.45, 2.75) is 30.8 Å². The number of aromatic amines is 1. The molecule has 0 unspecified atom stereocenters. The molecule has 6 N–H and O–H groups in total. The van der Waals surface area contributed by atoms with Crippen molar-refractivity contribution in [1.29, 1.82) is 0 Å². The molecule has 2 aromatic heterocycles. The van der Waals surface area contributed by atoms with Crippen LogP contribution in [-0.2, 0) is 4.74 Å². The van der Waals surface area contributed by atoms with Gasteiger partial charge in [-0.1, -0.05) is 0 Å². The maximum Gasteiger partial charge on any atom is 0.276 e. The number of nitrogens with zero attached hydrogens (tertiary/aromatic N) is 2. The van der Waals surface area contributed by atoms with Crippen LogP contribution in [0.3, 0.4) is 0 Å². The first-order valence-electron chi connectivity index (χ1n) is 6.40. The highest BCUT2D eigenvalue weighted by Gasteiger charge is 2.53. The highest BCUT2D eigenvalue weighted by molar-refractivity contribution is 5.48. The maximum atomic E-state index is 11.8. The van der Waals surface area contributed by atoms with Crippen LogP contribution in [0.1, 0.15) is 18.7 Å². The first-order chi connectivity index (χ1) is 9.86. The Kier molecular flexibility index (Phi) is 3.02. The lowest BCUT2D eigenvalue weighted by Gasteiger charge is -2.26. The number of nitrogens with two attached hydrogens (primary N) is 1. The standard InChI is InChI=1S/C12H16N4O5/c1-12(20)8(18)7(4-17)21-9(12)5-2-3-6-10(19)14-11(13)15-16(5)6/h2-3,7-9,17-18,20H,4H2,1H3,(H3,13,14,15,19)/t7-,8-,9+,12-/m1/s1. The fourth-order valence-corrected chi connectivity index (χ4v) is 2.67. The van der Waals surface area contributed by atoms with Crippen LogP contribution in [-0.4, -0.2) is 54.3 Å². The number of aliphatic hydroxyl groups is 3. The van der Waals surface area contributed by atoms with Gasteiger partial charge < -0.3 is 25.8 Å². The van der Waals surface area contributed by atoms with Crippen LogP contribution in [0.4, 0.5) is 5.95 Å². The highest BCUT2D eigenvalue weighted by atomic mass is 16.6. The molecule has 0 saturated carbocycles. The Hall–Kier alpha value is -1.94. The molecule has 3 rings (SSSR count). The van der Waals surface area contributed by atoms with E-state index in [1.54, 1.807) is 6.07 Å². The monoisotopic (exact) mass is 296 g/mol. The van der Waals surface area contributed by atoms with E-state index in [1.807, 2.05) is 0 Å². The summed E-state index contributed by atoms with van der Waals surface area (Å²) in [6, 6.07) is 3.07. The molecule has 2 aromatic rings. The summed E-state index contributed by atoms with van der Waals surface area (Å²) in [7, 11) is 0. The first kappa shape index (κ1) is 14.0. The van der Waals surface area contributed by atoms with E-state index in [0.717, 1.165) is 0 Å². The fraction of sp³-hybridized carbons (Fsp3) is 0.500. The Labute approximate surface area is 118 Å². The van der Waals surface area contributed by atoms with E-state index in [4.69, 9.17) is 10.5 Å². The van der Waals surface area contributed by atoms with Crippen molar-refractivity contribution in [3.8, 4) is 0 Å². The minimum Gasteiger partial charge on any atom is -0.394 e. The molecule has 0 aromatic carbocycles.